The number of phenols is 1. The van der Waals surface area contributed by atoms with Crippen LogP contribution >= 0.6 is 0 Å². The Morgan fingerprint density at radius 1 is 1.25 bits per heavy atom. The molecule has 1 aromatic heterocycles. The van der Waals surface area contributed by atoms with Crippen LogP contribution in [0.3, 0.4) is 0 Å². The summed E-state index contributed by atoms with van der Waals surface area (Å²) in [6.07, 6.45) is 1.37. The Morgan fingerprint density at radius 2 is 2.00 bits per heavy atom. The van der Waals surface area contributed by atoms with Gasteiger partial charge < -0.3 is 9.84 Å². The van der Waals surface area contributed by atoms with Gasteiger partial charge in [0, 0.05) is 16.8 Å². The summed E-state index contributed by atoms with van der Waals surface area (Å²) in [4.78, 5) is 12.2. The summed E-state index contributed by atoms with van der Waals surface area (Å²) in [5.74, 6) is -0.0266. The second kappa shape index (κ2) is 8.39. The number of carbonyl (C=O) groups excluding carboxylic acids is 1. The van der Waals surface area contributed by atoms with E-state index in [9.17, 15) is 9.90 Å². The maximum atomic E-state index is 12.2. The summed E-state index contributed by atoms with van der Waals surface area (Å²) in [6, 6.07) is 14.3. The molecule has 0 aliphatic carbocycles. The van der Waals surface area contributed by atoms with Crippen LogP contribution in [0.15, 0.2) is 53.6 Å². The van der Waals surface area contributed by atoms with Gasteiger partial charge in [-0.2, -0.15) is 10.2 Å². The van der Waals surface area contributed by atoms with Crippen LogP contribution < -0.4 is 10.2 Å². The Morgan fingerprint density at radius 3 is 2.64 bits per heavy atom. The molecule has 0 atom stereocenters. The van der Waals surface area contributed by atoms with Gasteiger partial charge in [-0.15, -0.1) is 0 Å². The van der Waals surface area contributed by atoms with Crippen LogP contribution in [0.4, 0.5) is 0 Å². The lowest BCUT2D eigenvalue weighted by Crippen LogP contribution is -2.17. The van der Waals surface area contributed by atoms with Crippen LogP contribution in [0.25, 0.3) is 0 Å². The Labute approximate surface area is 163 Å². The first-order valence-corrected chi connectivity index (χ1v) is 8.77. The number of carbonyl (C=O) groups is 1. The molecule has 0 fully saturated rings. The summed E-state index contributed by atoms with van der Waals surface area (Å²) in [6.45, 7) is 4.62. The first kappa shape index (κ1) is 19.2. The average molecular weight is 378 g/mol. The molecule has 3 rings (SSSR count). The molecule has 2 aromatic carbocycles. The molecule has 0 aliphatic rings. The van der Waals surface area contributed by atoms with Gasteiger partial charge in [0.05, 0.1) is 25.6 Å². The number of hydrogen-bond donors (Lipinski definition) is 2. The van der Waals surface area contributed by atoms with Crippen molar-refractivity contribution in [3.8, 4) is 11.5 Å². The van der Waals surface area contributed by atoms with Crippen molar-refractivity contribution in [1.29, 1.82) is 0 Å². The minimum atomic E-state index is -0.337. The highest BCUT2D eigenvalue weighted by Gasteiger charge is 2.07. The molecule has 0 unspecified atom stereocenters. The topological polar surface area (TPSA) is 88.7 Å². The van der Waals surface area contributed by atoms with E-state index in [0.29, 0.717) is 23.4 Å². The maximum absolute atomic E-state index is 12.2. The van der Waals surface area contributed by atoms with Gasteiger partial charge in [-0.1, -0.05) is 18.2 Å². The zero-order valence-corrected chi connectivity index (χ0v) is 16.0. The molecular formula is C21H22N4O3. The molecule has 3 aromatic rings. The van der Waals surface area contributed by atoms with Gasteiger partial charge in [0.2, 0.25) is 0 Å². The van der Waals surface area contributed by atoms with Gasteiger partial charge in [0.25, 0.3) is 5.91 Å². The van der Waals surface area contributed by atoms with Crippen molar-refractivity contribution in [2.75, 3.05) is 7.11 Å². The SMILES string of the molecule is COc1cccc(/C=N/NC(=O)c2ccc(Cn3nc(C)cc3C)cc2)c1O. The molecule has 144 valence electrons. The Kier molecular flexibility index (Phi) is 5.74. The van der Waals surface area contributed by atoms with Crippen LogP contribution in [0, 0.1) is 13.8 Å². The zero-order chi connectivity index (χ0) is 20.1. The smallest absolute Gasteiger partial charge is 0.271 e. The molecule has 0 saturated carbocycles. The van der Waals surface area contributed by atoms with Gasteiger partial charge >= 0.3 is 0 Å². The summed E-state index contributed by atoms with van der Waals surface area (Å²) in [5.41, 5.74) is 6.51. The Bertz CT molecular complexity index is 1010. The van der Waals surface area contributed by atoms with E-state index in [0.717, 1.165) is 17.0 Å². The highest BCUT2D eigenvalue weighted by atomic mass is 16.5. The monoisotopic (exact) mass is 378 g/mol. The quantitative estimate of drug-likeness (QED) is 0.510. The van der Waals surface area contributed by atoms with E-state index in [1.807, 2.05) is 36.7 Å². The number of nitrogens with one attached hydrogen (secondary N) is 1. The minimum Gasteiger partial charge on any atom is -0.504 e. The highest BCUT2D eigenvalue weighted by Crippen LogP contribution is 2.27. The van der Waals surface area contributed by atoms with Gasteiger partial charge in [-0.25, -0.2) is 5.43 Å². The second-order valence-electron chi connectivity index (χ2n) is 6.38. The summed E-state index contributed by atoms with van der Waals surface area (Å²) in [7, 11) is 1.47. The van der Waals surface area contributed by atoms with Crippen molar-refractivity contribution in [3.05, 3.63) is 76.6 Å². The number of para-hydroxylation sites is 1. The number of nitrogens with zero attached hydrogens (tertiary/aromatic N) is 3. The Balaban J connectivity index is 1.63. The van der Waals surface area contributed by atoms with Gasteiger partial charge in [-0.05, 0) is 49.7 Å². The van der Waals surface area contributed by atoms with Crippen molar-refractivity contribution < 1.29 is 14.6 Å². The minimum absolute atomic E-state index is 0.0310. The number of aromatic hydroxyl groups is 1. The lowest BCUT2D eigenvalue weighted by molar-refractivity contribution is 0.0955. The molecule has 0 aliphatic heterocycles. The molecule has 0 saturated heterocycles. The third kappa shape index (κ3) is 4.37. The number of hydrogen-bond acceptors (Lipinski definition) is 5. The van der Waals surface area contributed by atoms with Crippen LogP contribution in [-0.2, 0) is 6.54 Å². The van der Waals surface area contributed by atoms with Crippen molar-refractivity contribution in [2.24, 2.45) is 5.10 Å². The van der Waals surface area contributed by atoms with E-state index in [2.05, 4.69) is 15.6 Å². The van der Waals surface area contributed by atoms with Crippen LogP contribution in [-0.4, -0.2) is 34.1 Å². The fourth-order valence-electron chi connectivity index (χ4n) is 2.80. The third-order valence-electron chi connectivity index (χ3n) is 4.27. The molecule has 0 radical (unpaired) electrons. The molecule has 7 heteroatoms. The van der Waals surface area contributed by atoms with Crippen LogP contribution in [0.2, 0.25) is 0 Å². The molecular weight excluding hydrogens is 356 g/mol. The first-order valence-electron chi connectivity index (χ1n) is 8.77. The van der Waals surface area contributed by atoms with E-state index >= 15 is 0 Å². The summed E-state index contributed by atoms with van der Waals surface area (Å²) >= 11 is 0. The van der Waals surface area contributed by atoms with Crippen molar-refractivity contribution in [1.82, 2.24) is 15.2 Å². The number of amides is 1. The van der Waals surface area contributed by atoms with Gasteiger partial charge in [0.15, 0.2) is 11.5 Å². The molecule has 0 bridgehead atoms. The average Bonchev–Trinajstić information content (AvgIpc) is 3.00. The van der Waals surface area contributed by atoms with Crippen molar-refractivity contribution in [3.63, 3.8) is 0 Å². The van der Waals surface area contributed by atoms with E-state index < -0.39 is 0 Å². The van der Waals surface area contributed by atoms with Crippen LogP contribution in [0.1, 0.15) is 32.9 Å². The lowest BCUT2D eigenvalue weighted by Gasteiger charge is -2.06. The highest BCUT2D eigenvalue weighted by molar-refractivity contribution is 5.95. The standard InChI is InChI=1S/C21H22N4O3/c1-14-11-15(2)25(24-14)13-16-7-9-17(10-8-16)21(27)23-22-12-18-5-4-6-19(28-3)20(18)26/h4-12,26H,13H2,1-3H3,(H,23,27)/b22-12+. The normalized spacial score (nSPS) is 11.0. The molecule has 2 N–H and O–H groups in total. The number of rotatable bonds is 6. The first-order chi connectivity index (χ1) is 13.5. The van der Waals surface area contributed by atoms with E-state index in [4.69, 9.17) is 4.74 Å². The summed E-state index contributed by atoms with van der Waals surface area (Å²) < 4.78 is 6.97. The van der Waals surface area contributed by atoms with Crippen LogP contribution in [0.5, 0.6) is 11.5 Å². The summed E-state index contributed by atoms with van der Waals surface area (Å²) in [5, 5.41) is 18.4. The molecule has 28 heavy (non-hydrogen) atoms. The van der Waals surface area contributed by atoms with Gasteiger partial charge in [-0.3, -0.25) is 9.48 Å². The predicted octanol–water partition coefficient (Wildman–Crippen LogP) is 3.03. The molecule has 0 spiro atoms. The number of ether oxygens (including phenoxy) is 1. The molecule has 7 nitrogen and oxygen atoms in total. The maximum Gasteiger partial charge on any atom is 0.271 e. The fourth-order valence-corrected chi connectivity index (χ4v) is 2.80. The number of aryl methyl sites for hydroxylation is 2. The van der Waals surface area contributed by atoms with E-state index in [1.54, 1.807) is 30.3 Å². The van der Waals surface area contributed by atoms with Gasteiger partial charge in [0.1, 0.15) is 0 Å². The van der Waals surface area contributed by atoms with Crippen molar-refractivity contribution in [2.45, 2.75) is 20.4 Å². The molecule has 1 heterocycles. The number of aromatic nitrogens is 2. The third-order valence-corrected chi connectivity index (χ3v) is 4.27. The van der Waals surface area contributed by atoms with E-state index in [1.165, 1.54) is 13.3 Å². The van der Waals surface area contributed by atoms with E-state index in [-0.39, 0.29) is 11.7 Å². The zero-order valence-electron chi connectivity index (χ0n) is 16.0. The number of hydrazone groups is 1. The van der Waals surface area contributed by atoms with Crippen molar-refractivity contribution >= 4 is 12.1 Å². The number of methoxy groups -OCH3 is 1. The fraction of sp³-hybridized carbons (Fsp3) is 0.190. The lowest BCUT2D eigenvalue weighted by atomic mass is 10.1. The number of phenolic OH excluding ortho intramolecular Hbond substituents is 1. The Hall–Kier alpha value is -3.61. The second-order valence-corrected chi connectivity index (χ2v) is 6.38. The number of benzene rings is 2. The molecule has 1 amide bonds. The largest absolute Gasteiger partial charge is 0.504 e. The predicted molar refractivity (Wildman–Crippen MR) is 107 cm³/mol.